The number of halogens is 1. The van der Waals surface area contributed by atoms with Crippen LogP contribution in [0.4, 0.5) is 0 Å². The first kappa shape index (κ1) is 15.8. The Morgan fingerprint density at radius 1 is 1.42 bits per heavy atom. The Balaban J connectivity index is 3.16. The molecule has 19 heavy (non-hydrogen) atoms. The van der Waals surface area contributed by atoms with Crippen molar-refractivity contribution in [2.24, 2.45) is 0 Å². The largest absolute Gasteiger partial charge is 0.495 e. The van der Waals surface area contributed by atoms with Gasteiger partial charge in [0.15, 0.2) is 0 Å². The number of hydrogen-bond acceptors (Lipinski definition) is 5. The number of methoxy groups -OCH3 is 1. The van der Waals surface area contributed by atoms with Crippen LogP contribution in [0.3, 0.4) is 0 Å². The third kappa shape index (κ3) is 4.11. The zero-order valence-corrected chi connectivity index (χ0v) is 12.4. The molecule has 0 aromatic heterocycles. The van der Waals surface area contributed by atoms with E-state index in [4.69, 9.17) is 20.2 Å². The Morgan fingerprint density at radius 3 is 2.53 bits per heavy atom. The summed E-state index contributed by atoms with van der Waals surface area (Å²) in [6.45, 7) is 3.63. The van der Waals surface area contributed by atoms with Gasteiger partial charge in [0.25, 0.3) is 9.05 Å². The van der Waals surface area contributed by atoms with Crippen LogP contribution in [0.1, 0.15) is 30.6 Å². The van der Waals surface area contributed by atoms with Gasteiger partial charge in [-0.15, -0.1) is 0 Å². The molecule has 0 aliphatic rings. The molecule has 7 heteroatoms. The molecule has 5 nitrogen and oxygen atoms in total. The summed E-state index contributed by atoms with van der Waals surface area (Å²) < 4.78 is 32.8. The summed E-state index contributed by atoms with van der Waals surface area (Å²) in [4.78, 5) is 11.5. The van der Waals surface area contributed by atoms with Crippen molar-refractivity contribution in [3.63, 3.8) is 0 Å². The second-order valence-corrected chi connectivity index (χ2v) is 6.46. The molecule has 0 amide bonds. The van der Waals surface area contributed by atoms with Crippen LogP contribution >= 0.6 is 10.7 Å². The number of ether oxygens (including phenoxy) is 2. The van der Waals surface area contributed by atoms with Crippen LogP contribution in [0.15, 0.2) is 23.1 Å². The Kier molecular flexibility index (Phi) is 5.20. The lowest BCUT2D eigenvalue weighted by Crippen LogP contribution is -2.14. The van der Waals surface area contributed by atoms with E-state index in [0.29, 0.717) is 6.42 Å². The molecule has 0 aliphatic carbocycles. The fraction of sp³-hybridized carbons (Fsp3) is 0.417. The van der Waals surface area contributed by atoms with Crippen molar-refractivity contribution >= 4 is 25.7 Å². The number of carbonyl (C=O) groups excluding carboxylic acids is 1. The van der Waals surface area contributed by atoms with Crippen molar-refractivity contribution < 1.29 is 22.7 Å². The topological polar surface area (TPSA) is 69.7 Å². The lowest BCUT2D eigenvalue weighted by molar-refractivity contribution is 0.0334. The average molecular weight is 307 g/mol. The molecule has 0 heterocycles. The average Bonchev–Trinajstić information content (AvgIpc) is 2.36. The van der Waals surface area contributed by atoms with Crippen molar-refractivity contribution in [3.8, 4) is 5.75 Å². The summed E-state index contributed by atoms with van der Waals surface area (Å²) in [6.07, 6.45) is 0.424. The number of hydrogen-bond donors (Lipinski definition) is 0. The molecule has 1 rings (SSSR count). The van der Waals surface area contributed by atoms with E-state index in [1.807, 2.05) is 6.92 Å². The Labute approximate surface area is 116 Å². The van der Waals surface area contributed by atoms with E-state index >= 15 is 0 Å². The molecule has 0 N–H and O–H groups in total. The van der Waals surface area contributed by atoms with Crippen LogP contribution in [0.5, 0.6) is 5.75 Å². The zero-order valence-electron chi connectivity index (χ0n) is 10.8. The molecule has 0 saturated carbocycles. The van der Waals surface area contributed by atoms with Crippen molar-refractivity contribution in [2.75, 3.05) is 7.11 Å². The molecule has 0 saturated heterocycles. The fourth-order valence-electron chi connectivity index (χ4n) is 1.33. The predicted octanol–water partition coefficient (Wildman–Crippen LogP) is 2.58. The Hall–Kier alpha value is -1.27. The first-order valence-corrected chi connectivity index (χ1v) is 7.94. The molecule has 1 aromatic rings. The maximum atomic E-state index is 11.8. The van der Waals surface area contributed by atoms with Gasteiger partial charge in [0.2, 0.25) is 0 Å². The Bertz CT molecular complexity index is 567. The molecule has 0 bridgehead atoms. The summed E-state index contributed by atoms with van der Waals surface area (Å²) in [5, 5.41) is 0. The fourth-order valence-corrected chi connectivity index (χ4v) is 2.35. The van der Waals surface area contributed by atoms with Crippen LogP contribution in [0.2, 0.25) is 0 Å². The van der Waals surface area contributed by atoms with E-state index in [2.05, 4.69) is 0 Å². The predicted molar refractivity (Wildman–Crippen MR) is 71.2 cm³/mol. The second kappa shape index (κ2) is 6.25. The van der Waals surface area contributed by atoms with E-state index in [0.717, 1.165) is 6.07 Å². The van der Waals surface area contributed by atoms with Crippen LogP contribution in [-0.4, -0.2) is 27.6 Å². The Morgan fingerprint density at radius 2 is 2.05 bits per heavy atom. The van der Waals surface area contributed by atoms with Gasteiger partial charge in [0.05, 0.1) is 18.8 Å². The molecule has 1 unspecified atom stereocenters. The van der Waals surface area contributed by atoms with Gasteiger partial charge < -0.3 is 9.47 Å². The number of esters is 1. The second-order valence-electron chi connectivity index (χ2n) is 3.93. The first-order valence-electron chi connectivity index (χ1n) is 5.63. The van der Waals surface area contributed by atoms with Crippen LogP contribution in [0, 0.1) is 0 Å². The van der Waals surface area contributed by atoms with Gasteiger partial charge in [-0.3, -0.25) is 0 Å². The smallest absolute Gasteiger partial charge is 0.338 e. The molecule has 1 aromatic carbocycles. The third-order valence-electron chi connectivity index (χ3n) is 2.55. The minimum Gasteiger partial charge on any atom is -0.495 e. The standard InChI is InChI=1S/C12H15ClO5S/c1-4-8(2)18-12(14)9-5-6-10(17-3)11(7-9)19(13,15)16/h5-8H,4H2,1-3H3. The normalized spacial score (nSPS) is 12.8. The highest BCUT2D eigenvalue weighted by Gasteiger charge is 2.20. The molecular formula is C12H15ClO5S. The van der Waals surface area contributed by atoms with Crippen molar-refractivity contribution in [2.45, 2.75) is 31.3 Å². The quantitative estimate of drug-likeness (QED) is 0.617. The van der Waals surface area contributed by atoms with Gasteiger partial charge >= 0.3 is 5.97 Å². The van der Waals surface area contributed by atoms with Crippen molar-refractivity contribution in [3.05, 3.63) is 23.8 Å². The number of rotatable bonds is 5. The highest BCUT2D eigenvalue weighted by atomic mass is 35.7. The van der Waals surface area contributed by atoms with Gasteiger partial charge in [-0.25, -0.2) is 13.2 Å². The minimum absolute atomic E-state index is 0.0788. The first-order chi connectivity index (χ1) is 8.79. The highest BCUT2D eigenvalue weighted by Crippen LogP contribution is 2.28. The van der Waals surface area contributed by atoms with E-state index in [1.165, 1.54) is 19.2 Å². The summed E-state index contributed by atoms with van der Waals surface area (Å²) in [7, 11) is 2.61. The third-order valence-corrected chi connectivity index (χ3v) is 3.89. The molecule has 106 valence electrons. The van der Waals surface area contributed by atoms with E-state index in [1.54, 1.807) is 6.92 Å². The molecular weight excluding hydrogens is 292 g/mol. The number of carbonyl (C=O) groups is 1. The highest BCUT2D eigenvalue weighted by molar-refractivity contribution is 8.13. The summed E-state index contributed by atoms with van der Waals surface area (Å²) in [5.41, 5.74) is 0.111. The van der Waals surface area contributed by atoms with Crippen molar-refractivity contribution in [1.29, 1.82) is 0 Å². The lowest BCUT2D eigenvalue weighted by Gasteiger charge is -2.12. The monoisotopic (exact) mass is 306 g/mol. The summed E-state index contributed by atoms with van der Waals surface area (Å²) in [6, 6.07) is 3.93. The zero-order chi connectivity index (χ0) is 14.6. The molecule has 0 aliphatic heterocycles. The molecule has 1 atom stereocenters. The summed E-state index contributed by atoms with van der Waals surface area (Å²) >= 11 is 0. The van der Waals surface area contributed by atoms with E-state index in [-0.39, 0.29) is 22.3 Å². The van der Waals surface area contributed by atoms with Gasteiger partial charge in [-0.1, -0.05) is 6.92 Å². The lowest BCUT2D eigenvalue weighted by atomic mass is 10.2. The molecule has 0 fully saturated rings. The minimum atomic E-state index is -4.00. The van der Waals surface area contributed by atoms with Gasteiger partial charge in [0, 0.05) is 10.7 Å². The van der Waals surface area contributed by atoms with Crippen molar-refractivity contribution in [1.82, 2.24) is 0 Å². The van der Waals surface area contributed by atoms with Crippen LogP contribution in [0.25, 0.3) is 0 Å². The van der Waals surface area contributed by atoms with Gasteiger partial charge in [-0.05, 0) is 31.5 Å². The van der Waals surface area contributed by atoms with Crippen LogP contribution < -0.4 is 4.74 Å². The van der Waals surface area contributed by atoms with Gasteiger partial charge in [-0.2, -0.15) is 0 Å². The molecule has 0 radical (unpaired) electrons. The van der Waals surface area contributed by atoms with Crippen LogP contribution in [-0.2, 0) is 13.8 Å². The van der Waals surface area contributed by atoms with Gasteiger partial charge in [0.1, 0.15) is 10.6 Å². The SMILES string of the molecule is CCC(C)OC(=O)c1ccc(OC)c(S(=O)(=O)Cl)c1. The van der Waals surface area contributed by atoms with E-state index < -0.39 is 15.0 Å². The summed E-state index contributed by atoms with van der Waals surface area (Å²) in [5.74, 6) is -0.520. The van der Waals surface area contributed by atoms with E-state index in [9.17, 15) is 13.2 Å². The maximum Gasteiger partial charge on any atom is 0.338 e. The maximum absolute atomic E-state index is 11.8. The number of benzene rings is 1. The molecule has 0 spiro atoms.